The van der Waals surface area contributed by atoms with Crippen molar-refractivity contribution in [2.24, 2.45) is 0 Å². The van der Waals surface area contributed by atoms with Gasteiger partial charge in [-0.2, -0.15) is 4.98 Å². The molecule has 0 bridgehead atoms. The normalized spacial score (nSPS) is 11.1. The lowest BCUT2D eigenvalue weighted by atomic mass is 10.2. The molecule has 124 valence electrons. The lowest BCUT2D eigenvalue weighted by Crippen LogP contribution is -2.17. The van der Waals surface area contributed by atoms with Crippen LogP contribution in [-0.4, -0.2) is 32.2 Å². The number of aryl methyl sites for hydroxylation is 1. The quantitative estimate of drug-likeness (QED) is 0.501. The maximum Gasteiger partial charge on any atom is 0.269 e. The van der Waals surface area contributed by atoms with Crippen molar-refractivity contribution in [2.75, 3.05) is 7.05 Å². The first kappa shape index (κ1) is 15.8. The zero-order valence-electron chi connectivity index (χ0n) is 13.2. The molecule has 0 amide bonds. The van der Waals surface area contributed by atoms with Crippen LogP contribution in [0.5, 0.6) is 0 Å². The van der Waals surface area contributed by atoms with Crippen LogP contribution in [0.15, 0.2) is 39.4 Å². The van der Waals surface area contributed by atoms with Crippen LogP contribution in [0.2, 0.25) is 0 Å². The first-order chi connectivity index (χ1) is 11.5. The number of benzene rings is 1. The van der Waals surface area contributed by atoms with Crippen molar-refractivity contribution in [3.8, 4) is 11.4 Å². The van der Waals surface area contributed by atoms with Crippen molar-refractivity contribution >= 4 is 5.69 Å². The molecule has 0 saturated carbocycles. The Kier molecular flexibility index (Phi) is 4.34. The van der Waals surface area contributed by atoms with Gasteiger partial charge in [-0.3, -0.25) is 15.0 Å². The minimum absolute atomic E-state index is 0.0186. The third-order valence-electron chi connectivity index (χ3n) is 3.32. The van der Waals surface area contributed by atoms with E-state index < -0.39 is 4.92 Å². The van der Waals surface area contributed by atoms with E-state index in [0.29, 0.717) is 30.4 Å². The fourth-order valence-corrected chi connectivity index (χ4v) is 2.22. The molecule has 2 aromatic heterocycles. The van der Waals surface area contributed by atoms with E-state index in [4.69, 9.17) is 9.05 Å². The van der Waals surface area contributed by atoms with Crippen molar-refractivity contribution in [2.45, 2.75) is 20.0 Å². The second-order valence-electron chi connectivity index (χ2n) is 5.42. The van der Waals surface area contributed by atoms with Gasteiger partial charge in [-0.15, -0.1) is 0 Å². The van der Waals surface area contributed by atoms with Crippen molar-refractivity contribution in [1.29, 1.82) is 0 Å². The third kappa shape index (κ3) is 3.63. The molecule has 0 aliphatic heterocycles. The highest BCUT2D eigenvalue weighted by molar-refractivity contribution is 5.56. The molecule has 0 N–H and O–H groups in total. The fraction of sp³-hybridized carbons (Fsp3) is 0.267. The van der Waals surface area contributed by atoms with Gasteiger partial charge in [-0.25, -0.2) is 0 Å². The predicted octanol–water partition coefficient (Wildman–Crippen LogP) is 2.57. The topological polar surface area (TPSA) is 111 Å². The van der Waals surface area contributed by atoms with Gasteiger partial charge in [0.2, 0.25) is 11.7 Å². The Morgan fingerprint density at radius 3 is 2.54 bits per heavy atom. The highest BCUT2D eigenvalue weighted by Crippen LogP contribution is 2.20. The van der Waals surface area contributed by atoms with Gasteiger partial charge in [0.1, 0.15) is 5.76 Å². The van der Waals surface area contributed by atoms with Gasteiger partial charge in [-0.1, -0.05) is 10.3 Å². The Balaban J connectivity index is 1.65. The second-order valence-corrected chi connectivity index (χ2v) is 5.42. The van der Waals surface area contributed by atoms with Crippen LogP contribution < -0.4 is 0 Å². The monoisotopic (exact) mass is 329 g/mol. The molecule has 3 aromatic rings. The number of nitro benzene ring substituents is 1. The van der Waals surface area contributed by atoms with Gasteiger partial charge in [0.05, 0.1) is 17.2 Å². The SMILES string of the molecule is Cc1cc(CN(C)Cc2nc(-c3ccc([N+](=O)[O-])cc3)no2)no1. The number of nitrogens with zero attached hydrogens (tertiary/aromatic N) is 5. The summed E-state index contributed by atoms with van der Waals surface area (Å²) in [6, 6.07) is 7.87. The standard InChI is InChI=1S/C15H15N5O4/c1-10-7-12(17-23-10)8-19(2)9-14-16-15(18-24-14)11-3-5-13(6-4-11)20(21)22/h3-7H,8-9H2,1-2H3. The van der Waals surface area contributed by atoms with E-state index in [2.05, 4.69) is 15.3 Å². The third-order valence-corrected chi connectivity index (χ3v) is 3.32. The number of non-ortho nitro benzene ring substituents is 1. The summed E-state index contributed by atoms with van der Waals surface area (Å²) < 4.78 is 10.3. The summed E-state index contributed by atoms with van der Waals surface area (Å²) in [5, 5.41) is 18.5. The molecule has 24 heavy (non-hydrogen) atoms. The minimum atomic E-state index is -0.452. The average molecular weight is 329 g/mol. The Morgan fingerprint density at radius 2 is 1.92 bits per heavy atom. The van der Waals surface area contributed by atoms with Crippen molar-refractivity contribution in [1.82, 2.24) is 20.2 Å². The molecule has 3 rings (SSSR count). The first-order valence-electron chi connectivity index (χ1n) is 7.19. The van der Waals surface area contributed by atoms with E-state index in [0.717, 1.165) is 11.5 Å². The Morgan fingerprint density at radius 1 is 1.17 bits per heavy atom. The number of aromatic nitrogens is 3. The van der Waals surface area contributed by atoms with Gasteiger partial charge in [0, 0.05) is 30.3 Å². The van der Waals surface area contributed by atoms with Crippen LogP contribution in [-0.2, 0) is 13.1 Å². The molecule has 0 radical (unpaired) electrons. The summed E-state index contributed by atoms with van der Waals surface area (Å²) in [5.41, 5.74) is 1.50. The molecule has 1 aromatic carbocycles. The smallest absolute Gasteiger partial charge is 0.269 e. The van der Waals surface area contributed by atoms with Gasteiger partial charge in [-0.05, 0) is 26.1 Å². The molecule has 0 aliphatic carbocycles. The number of hydrogen-bond acceptors (Lipinski definition) is 8. The molecule has 0 aliphatic rings. The zero-order valence-corrected chi connectivity index (χ0v) is 13.2. The summed E-state index contributed by atoms with van der Waals surface area (Å²) in [7, 11) is 1.90. The van der Waals surface area contributed by atoms with Crippen molar-refractivity contribution in [3.63, 3.8) is 0 Å². The van der Waals surface area contributed by atoms with Crippen LogP contribution in [0.1, 0.15) is 17.3 Å². The molecule has 2 heterocycles. The van der Waals surface area contributed by atoms with Crippen molar-refractivity contribution in [3.05, 3.63) is 57.8 Å². The van der Waals surface area contributed by atoms with Gasteiger partial charge in [0.15, 0.2) is 0 Å². The molecule has 0 fully saturated rings. The number of nitro groups is 1. The summed E-state index contributed by atoms with van der Waals surface area (Å²) in [4.78, 5) is 16.5. The first-order valence-corrected chi connectivity index (χ1v) is 7.19. The van der Waals surface area contributed by atoms with E-state index >= 15 is 0 Å². The largest absolute Gasteiger partial charge is 0.361 e. The molecule has 0 saturated heterocycles. The average Bonchev–Trinajstić information content (AvgIpc) is 3.16. The van der Waals surface area contributed by atoms with Gasteiger partial charge < -0.3 is 9.05 Å². The van der Waals surface area contributed by atoms with Gasteiger partial charge in [0.25, 0.3) is 5.69 Å². The summed E-state index contributed by atoms with van der Waals surface area (Å²) >= 11 is 0. The molecule has 9 nitrogen and oxygen atoms in total. The van der Waals surface area contributed by atoms with Crippen LogP contribution >= 0.6 is 0 Å². The van der Waals surface area contributed by atoms with Gasteiger partial charge >= 0.3 is 0 Å². The minimum Gasteiger partial charge on any atom is -0.361 e. The van der Waals surface area contributed by atoms with Crippen LogP contribution in [0.3, 0.4) is 0 Å². The van der Waals surface area contributed by atoms with E-state index in [9.17, 15) is 10.1 Å². The highest BCUT2D eigenvalue weighted by atomic mass is 16.6. The fourth-order valence-electron chi connectivity index (χ4n) is 2.22. The summed E-state index contributed by atoms with van der Waals surface area (Å²) in [5.74, 6) is 1.60. The van der Waals surface area contributed by atoms with Crippen molar-refractivity contribution < 1.29 is 14.0 Å². The predicted molar refractivity (Wildman–Crippen MR) is 82.8 cm³/mol. The zero-order chi connectivity index (χ0) is 17.1. The van der Waals surface area contributed by atoms with Crippen LogP contribution in [0, 0.1) is 17.0 Å². The Hall–Kier alpha value is -3.07. The molecule has 0 unspecified atom stereocenters. The second kappa shape index (κ2) is 6.59. The maximum atomic E-state index is 10.7. The maximum absolute atomic E-state index is 10.7. The Bertz CT molecular complexity index is 840. The summed E-state index contributed by atoms with van der Waals surface area (Å²) in [6.45, 7) is 2.88. The molecule has 0 atom stereocenters. The number of rotatable bonds is 6. The summed E-state index contributed by atoms with van der Waals surface area (Å²) in [6.07, 6.45) is 0. The molecular formula is C15H15N5O4. The lowest BCUT2D eigenvalue weighted by molar-refractivity contribution is -0.384. The van der Waals surface area contributed by atoms with E-state index in [1.807, 2.05) is 24.9 Å². The van der Waals surface area contributed by atoms with E-state index in [1.54, 1.807) is 12.1 Å². The lowest BCUT2D eigenvalue weighted by Gasteiger charge is -2.11. The highest BCUT2D eigenvalue weighted by Gasteiger charge is 2.13. The Labute approximate surface area is 137 Å². The molecule has 9 heteroatoms. The van der Waals surface area contributed by atoms with Crippen LogP contribution in [0.25, 0.3) is 11.4 Å². The molecular weight excluding hydrogens is 314 g/mol. The molecule has 0 spiro atoms. The van der Waals surface area contributed by atoms with E-state index in [-0.39, 0.29) is 5.69 Å². The number of hydrogen-bond donors (Lipinski definition) is 0. The van der Waals surface area contributed by atoms with E-state index in [1.165, 1.54) is 12.1 Å². The van der Waals surface area contributed by atoms with Crippen LogP contribution in [0.4, 0.5) is 5.69 Å².